The number of carbonyl (C=O) groups is 1. The van der Waals surface area contributed by atoms with Gasteiger partial charge < -0.3 is 5.11 Å². The zero-order chi connectivity index (χ0) is 16.2. The minimum Gasteiger partial charge on any atom is -0.480 e. The monoisotopic (exact) mass is 318 g/mol. The first kappa shape index (κ1) is 16.6. The van der Waals surface area contributed by atoms with Crippen LogP contribution in [0.1, 0.15) is 36.2 Å². The Morgan fingerprint density at radius 2 is 2.00 bits per heavy atom. The number of benzene rings is 1. The lowest BCUT2D eigenvalue weighted by Crippen LogP contribution is -2.38. The Kier molecular flexibility index (Phi) is 5.32. The van der Waals surface area contributed by atoms with Crippen LogP contribution in [0.25, 0.3) is 0 Å². The standard InChI is InChI=1S/C17H22N2O2S/c1-17(2,3)14-10-19-15(22-14)11-18-13(16(20)21)9-12-7-5-4-6-8-12/h4-8,10,13,18H,9,11H2,1-3H3,(H,20,21)/t13-/m0/s1. The summed E-state index contributed by atoms with van der Waals surface area (Å²) >= 11 is 1.63. The van der Waals surface area contributed by atoms with E-state index < -0.39 is 12.0 Å². The van der Waals surface area contributed by atoms with Crippen LogP contribution in [0.15, 0.2) is 36.5 Å². The van der Waals surface area contributed by atoms with Gasteiger partial charge in [-0.15, -0.1) is 11.3 Å². The highest BCUT2D eigenvalue weighted by atomic mass is 32.1. The fourth-order valence-electron chi connectivity index (χ4n) is 2.05. The van der Waals surface area contributed by atoms with Gasteiger partial charge in [0.15, 0.2) is 0 Å². The number of hydrogen-bond donors (Lipinski definition) is 2. The number of carboxylic acid groups (broad SMARTS) is 1. The molecule has 1 aromatic carbocycles. The van der Waals surface area contributed by atoms with Crippen molar-refractivity contribution < 1.29 is 9.90 Å². The van der Waals surface area contributed by atoms with Gasteiger partial charge in [0.25, 0.3) is 0 Å². The first-order valence-corrected chi connectivity index (χ1v) is 8.13. The normalized spacial score (nSPS) is 13.0. The van der Waals surface area contributed by atoms with Crippen LogP contribution in [-0.4, -0.2) is 22.1 Å². The summed E-state index contributed by atoms with van der Waals surface area (Å²) in [5, 5.41) is 13.4. The van der Waals surface area contributed by atoms with Crippen LogP contribution >= 0.6 is 11.3 Å². The Labute approximate surface area is 135 Å². The van der Waals surface area contributed by atoms with E-state index in [0.717, 1.165) is 10.6 Å². The van der Waals surface area contributed by atoms with Gasteiger partial charge >= 0.3 is 5.97 Å². The van der Waals surface area contributed by atoms with Crippen molar-refractivity contribution in [3.8, 4) is 0 Å². The average molecular weight is 318 g/mol. The molecule has 0 aliphatic carbocycles. The minimum absolute atomic E-state index is 0.0756. The molecule has 0 aliphatic rings. The molecule has 4 nitrogen and oxygen atoms in total. The molecule has 1 heterocycles. The first-order chi connectivity index (χ1) is 10.4. The van der Waals surface area contributed by atoms with E-state index in [4.69, 9.17) is 0 Å². The smallest absolute Gasteiger partial charge is 0.321 e. The van der Waals surface area contributed by atoms with Crippen molar-refractivity contribution in [3.05, 3.63) is 52.0 Å². The number of aliphatic carboxylic acids is 1. The second-order valence-corrected chi connectivity index (χ2v) is 7.44. The Morgan fingerprint density at radius 3 is 2.55 bits per heavy atom. The Bertz CT molecular complexity index is 617. The predicted molar refractivity (Wildman–Crippen MR) is 89.2 cm³/mol. The van der Waals surface area contributed by atoms with Gasteiger partial charge in [0.1, 0.15) is 11.0 Å². The van der Waals surface area contributed by atoms with Crippen molar-refractivity contribution >= 4 is 17.3 Å². The molecule has 0 spiro atoms. The van der Waals surface area contributed by atoms with Crippen molar-refractivity contribution in [2.45, 2.75) is 45.2 Å². The topological polar surface area (TPSA) is 62.2 Å². The van der Waals surface area contributed by atoms with Gasteiger partial charge in [0.2, 0.25) is 0 Å². The lowest BCUT2D eigenvalue weighted by Gasteiger charge is -2.15. The molecule has 2 N–H and O–H groups in total. The average Bonchev–Trinajstić information content (AvgIpc) is 2.93. The van der Waals surface area contributed by atoms with E-state index in [-0.39, 0.29) is 5.41 Å². The highest BCUT2D eigenvalue weighted by molar-refractivity contribution is 7.11. The molecule has 2 rings (SSSR count). The Morgan fingerprint density at radius 1 is 1.32 bits per heavy atom. The molecule has 0 fully saturated rings. The van der Waals surface area contributed by atoms with Crippen LogP contribution in [0.3, 0.4) is 0 Å². The van der Waals surface area contributed by atoms with E-state index in [1.807, 2.05) is 36.5 Å². The van der Waals surface area contributed by atoms with Crippen LogP contribution in [0.2, 0.25) is 0 Å². The summed E-state index contributed by atoms with van der Waals surface area (Å²) in [4.78, 5) is 17.0. The highest BCUT2D eigenvalue weighted by Crippen LogP contribution is 2.27. The van der Waals surface area contributed by atoms with Crippen molar-refractivity contribution in [1.29, 1.82) is 0 Å². The van der Waals surface area contributed by atoms with Gasteiger partial charge in [-0.1, -0.05) is 51.1 Å². The number of aromatic nitrogens is 1. The highest BCUT2D eigenvalue weighted by Gasteiger charge is 2.20. The van der Waals surface area contributed by atoms with Crippen LogP contribution in [-0.2, 0) is 23.2 Å². The molecule has 22 heavy (non-hydrogen) atoms. The molecule has 0 unspecified atom stereocenters. The number of thiazole rings is 1. The first-order valence-electron chi connectivity index (χ1n) is 7.31. The van der Waals surface area contributed by atoms with Crippen molar-refractivity contribution in [2.24, 2.45) is 0 Å². The van der Waals surface area contributed by atoms with E-state index in [9.17, 15) is 9.90 Å². The van der Waals surface area contributed by atoms with Gasteiger partial charge in [-0.05, 0) is 17.4 Å². The maximum absolute atomic E-state index is 11.4. The second kappa shape index (κ2) is 7.03. The Balaban J connectivity index is 1.97. The summed E-state index contributed by atoms with van der Waals surface area (Å²) in [6, 6.07) is 9.05. The number of hydrogen-bond acceptors (Lipinski definition) is 4. The lowest BCUT2D eigenvalue weighted by molar-refractivity contribution is -0.139. The summed E-state index contributed by atoms with van der Waals surface area (Å²) in [5.74, 6) is -0.837. The summed E-state index contributed by atoms with van der Waals surface area (Å²) < 4.78 is 0. The van der Waals surface area contributed by atoms with Crippen LogP contribution in [0.5, 0.6) is 0 Å². The molecule has 1 aromatic heterocycles. The third-order valence-corrected chi connectivity index (χ3v) is 4.80. The van der Waals surface area contributed by atoms with Gasteiger partial charge in [-0.25, -0.2) is 4.98 Å². The molecule has 1 atom stereocenters. The largest absolute Gasteiger partial charge is 0.480 e. The number of nitrogens with one attached hydrogen (secondary N) is 1. The summed E-state index contributed by atoms with van der Waals surface area (Å²) in [6.07, 6.45) is 2.35. The van der Waals surface area contributed by atoms with Crippen LogP contribution < -0.4 is 5.32 Å². The lowest BCUT2D eigenvalue weighted by atomic mass is 9.96. The summed E-state index contributed by atoms with van der Waals surface area (Å²) in [7, 11) is 0. The molecule has 0 saturated carbocycles. The Hall–Kier alpha value is -1.72. The van der Waals surface area contributed by atoms with E-state index >= 15 is 0 Å². The zero-order valence-corrected chi connectivity index (χ0v) is 14.0. The molecular weight excluding hydrogens is 296 g/mol. The molecule has 5 heteroatoms. The van der Waals surface area contributed by atoms with Crippen molar-refractivity contribution in [1.82, 2.24) is 10.3 Å². The van der Waals surface area contributed by atoms with Gasteiger partial charge in [0.05, 0.1) is 0 Å². The third kappa shape index (κ3) is 4.64. The van der Waals surface area contributed by atoms with E-state index in [2.05, 4.69) is 31.1 Å². The van der Waals surface area contributed by atoms with Crippen molar-refractivity contribution in [3.63, 3.8) is 0 Å². The summed E-state index contributed by atoms with van der Waals surface area (Å²) in [6.45, 7) is 6.91. The van der Waals surface area contributed by atoms with E-state index in [1.54, 1.807) is 11.3 Å². The molecule has 0 radical (unpaired) electrons. The zero-order valence-electron chi connectivity index (χ0n) is 13.2. The molecule has 0 saturated heterocycles. The number of nitrogens with zero attached hydrogens (tertiary/aromatic N) is 1. The number of carboxylic acids is 1. The van der Waals surface area contributed by atoms with Crippen LogP contribution in [0.4, 0.5) is 0 Å². The van der Waals surface area contributed by atoms with E-state index in [0.29, 0.717) is 13.0 Å². The van der Waals surface area contributed by atoms with E-state index in [1.165, 1.54) is 4.88 Å². The van der Waals surface area contributed by atoms with Gasteiger partial charge in [-0.3, -0.25) is 10.1 Å². The maximum atomic E-state index is 11.4. The predicted octanol–water partition coefficient (Wildman–Crippen LogP) is 3.23. The second-order valence-electron chi connectivity index (χ2n) is 6.33. The van der Waals surface area contributed by atoms with Gasteiger partial charge in [0, 0.05) is 17.6 Å². The SMILES string of the molecule is CC(C)(C)c1cnc(CN[C@@H](Cc2ccccc2)C(=O)O)s1. The molecular formula is C17H22N2O2S. The fraction of sp³-hybridized carbons (Fsp3) is 0.412. The minimum atomic E-state index is -0.837. The molecule has 0 amide bonds. The molecule has 2 aromatic rings. The fourth-order valence-corrected chi connectivity index (χ4v) is 2.97. The van der Waals surface area contributed by atoms with Gasteiger partial charge in [-0.2, -0.15) is 0 Å². The number of rotatable bonds is 6. The molecule has 0 aliphatic heterocycles. The molecule has 118 valence electrons. The third-order valence-electron chi connectivity index (χ3n) is 3.37. The van der Waals surface area contributed by atoms with Crippen LogP contribution in [0, 0.1) is 0 Å². The molecule has 0 bridgehead atoms. The summed E-state index contributed by atoms with van der Waals surface area (Å²) in [5.41, 5.74) is 1.09. The quantitative estimate of drug-likeness (QED) is 0.858. The van der Waals surface area contributed by atoms with Crippen molar-refractivity contribution in [2.75, 3.05) is 0 Å². The maximum Gasteiger partial charge on any atom is 0.321 e.